The van der Waals surface area contributed by atoms with E-state index in [0.717, 1.165) is 69.9 Å². The highest BCUT2D eigenvalue weighted by molar-refractivity contribution is 5.83. The van der Waals surface area contributed by atoms with Crippen molar-refractivity contribution in [2.24, 2.45) is 5.41 Å². The van der Waals surface area contributed by atoms with E-state index in [1.54, 1.807) is 21.1 Å². The number of methoxy groups -OCH3 is 2. The van der Waals surface area contributed by atoms with Gasteiger partial charge in [-0.25, -0.2) is 6.57 Å². The fraction of sp³-hybridized carbons (Fsp3) is 0.800. The Balaban J connectivity index is 1.87. The van der Waals surface area contributed by atoms with Gasteiger partial charge in [-0.2, -0.15) is 5.10 Å². The average molecular weight is 475 g/mol. The SMILES string of the molecule is [C-]#[N+]C(C)C(=O)N1CCn2nc(CN(C)CCNC)c(C3CCC(COC)(COC)CC3)c2C1. The van der Waals surface area contributed by atoms with Crippen LogP contribution in [0, 0.1) is 12.0 Å². The third-order valence-corrected chi connectivity index (χ3v) is 7.48. The maximum absolute atomic E-state index is 12.8. The van der Waals surface area contributed by atoms with E-state index in [1.165, 1.54) is 5.56 Å². The summed E-state index contributed by atoms with van der Waals surface area (Å²) in [6, 6.07) is -0.636. The summed E-state index contributed by atoms with van der Waals surface area (Å²) in [5.41, 5.74) is 3.69. The van der Waals surface area contributed by atoms with Crippen LogP contribution in [0.5, 0.6) is 0 Å². The van der Waals surface area contributed by atoms with Gasteiger partial charge in [0.15, 0.2) is 0 Å². The smallest absolute Gasteiger partial charge is 0.305 e. The van der Waals surface area contributed by atoms with Gasteiger partial charge in [-0.1, -0.05) is 0 Å². The van der Waals surface area contributed by atoms with E-state index >= 15 is 0 Å². The Morgan fingerprint density at radius 1 is 1.29 bits per heavy atom. The minimum atomic E-state index is -0.636. The molecule has 9 heteroatoms. The Morgan fingerprint density at radius 3 is 2.56 bits per heavy atom. The third-order valence-electron chi connectivity index (χ3n) is 7.48. The van der Waals surface area contributed by atoms with Crippen molar-refractivity contribution in [1.82, 2.24) is 24.9 Å². The number of aromatic nitrogens is 2. The molecule has 1 atom stereocenters. The van der Waals surface area contributed by atoms with Gasteiger partial charge in [-0.05, 0) is 45.7 Å². The zero-order valence-corrected chi connectivity index (χ0v) is 21.6. The quantitative estimate of drug-likeness (QED) is 0.495. The first-order valence-corrected chi connectivity index (χ1v) is 12.4. The summed E-state index contributed by atoms with van der Waals surface area (Å²) in [4.78, 5) is 20.4. The predicted molar refractivity (Wildman–Crippen MR) is 131 cm³/mol. The van der Waals surface area contributed by atoms with Crippen LogP contribution in [-0.2, 0) is 33.9 Å². The molecule has 0 bridgehead atoms. The van der Waals surface area contributed by atoms with Gasteiger partial charge in [0.25, 0.3) is 6.04 Å². The van der Waals surface area contributed by atoms with Crippen molar-refractivity contribution in [3.8, 4) is 0 Å². The van der Waals surface area contributed by atoms with Crippen LogP contribution in [0.1, 0.15) is 55.5 Å². The minimum absolute atomic E-state index is 0.0735. The second-order valence-electron chi connectivity index (χ2n) is 10.1. The topological polar surface area (TPSA) is 76.2 Å². The second kappa shape index (κ2) is 12.1. The Bertz CT molecular complexity index is 848. The van der Waals surface area contributed by atoms with Crippen LogP contribution in [-0.4, -0.2) is 92.7 Å². The van der Waals surface area contributed by atoms with Gasteiger partial charge >= 0.3 is 5.91 Å². The highest BCUT2D eigenvalue weighted by atomic mass is 16.5. The monoisotopic (exact) mass is 474 g/mol. The van der Waals surface area contributed by atoms with Crippen LogP contribution in [0.4, 0.5) is 0 Å². The molecule has 190 valence electrons. The molecule has 0 saturated heterocycles. The van der Waals surface area contributed by atoms with Gasteiger partial charge in [0, 0.05) is 58.3 Å². The van der Waals surface area contributed by atoms with Crippen LogP contribution in [0.25, 0.3) is 4.85 Å². The van der Waals surface area contributed by atoms with E-state index in [-0.39, 0.29) is 11.3 Å². The molecule has 1 aromatic heterocycles. The molecule has 1 aliphatic heterocycles. The summed E-state index contributed by atoms with van der Waals surface area (Å²) >= 11 is 0. The largest absolute Gasteiger partial charge is 0.384 e. The normalized spacial score (nSPS) is 19.1. The van der Waals surface area contributed by atoms with Gasteiger partial charge < -0.3 is 24.5 Å². The molecule has 1 saturated carbocycles. The van der Waals surface area contributed by atoms with Crippen LogP contribution in [0.3, 0.4) is 0 Å². The Labute approximate surface area is 204 Å². The summed E-state index contributed by atoms with van der Waals surface area (Å²) in [6.07, 6.45) is 4.23. The molecule has 0 spiro atoms. The van der Waals surface area contributed by atoms with E-state index in [0.29, 0.717) is 25.6 Å². The van der Waals surface area contributed by atoms with E-state index in [9.17, 15) is 4.79 Å². The lowest BCUT2D eigenvalue weighted by Gasteiger charge is -2.40. The molecule has 9 nitrogen and oxygen atoms in total. The summed E-state index contributed by atoms with van der Waals surface area (Å²) in [5.74, 6) is 0.329. The average Bonchev–Trinajstić information content (AvgIpc) is 3.19. The van der Waals surface area contributed by atoms with Gasteiger partial charge in [-0.3, -0.25) is 14.4 Å². The van der Waals surface area contributed by atoms with E-state index < -0.39 is 6.04 Å². The first-order chi connectivity index (χ1) is 16.4. The van der Waals surface area contributed by atoms with E-state index in [2.05, 4.69) is 26.8 Å². The molecule has 3 rings (SSSR count). The molecule has 1 amide bonds. The Kier molecular flexibility index (Phi) is 9.48. The maximum Gasteiger partial charge on any atom is 0.305 e. The van der Waals surface area contributed by atoms with Crippen LogP contribution in [0.2, 0.25) is 0 Å². The lowest BCUT2D eigenvalue weighted by Crippen LogP contribution is -2.42. The highest BCUT2D eigenvalue weighted by Crippen LogP contribution is 2.45. The molecule has 0 aromatic carbocycles. The standard InChI is InChI=1S/C25H42N6O3/c1-19(27-3)24(32)30-13-14-31-22(16-30)23(21(28-31)15-29(4)12-11-26-2)20-7-9-25(10-8-20,17-33-5)18-34-6/h19-20,26H,7-18H2,1-2,4-6H3. The fourth-order valence-electron chi connectivity index (χ4n) is 5.59. The predicted octanol–water partition coefficient (Wildman–Crippen LogP) is 2.12. The number of fused-ring (bicyclic) bond motifs is 1. The number of ether oxygens (including phenoxy) is 2. The van der Waals surface area contributed by atoms with Gasteiger partial charge in [0.1, 0.15) is 0 Å². The summed E-state index contributed by atoms with van der Waals surface area (Å²) in [7, 11) is 7.65. The van der Waals surface area contributed by atoms with Crippen LogP contribution < -0.4 is 5.32 Å². The number of carbonyl (C=O) groups is 1. The van der Waals surface area contributed by atoms with Crippen molar-refractivity contribution < 1.29 is 14.3 Å². The molecule has 1 aromatic rings. The Hall–Kier alpha value is -1.99. The zero-order chi connectivity index (χ0) is 24.7. The van der Waals surface area contributed by atoms with Crippen LogP contribution in [0.15, 0.2) is 0 Å². The van der Waals surface area contributed by atoms with E-state index in [1.807, 2.05) is 11.9 Å². The summed E-state index contributed by atoms with van der Waals surface area (Å²) in [6.45, 7) is 14.9. The Morgan fingerprint density at radius 2 is 1.97 bits per heavy atom. The van der Waals surface area contributed by atoms with Crippen LogP contribution >= 0.6 is 0 Å². The number of rotatable bonds is 11. The first-order valence-electron chi connectivity index (χ1n) is 12.4. The highest BCUT2D eigenvalue weighted by Gasteiger charge is 2.39. The number of nitrogens with one attached hydrogen (secondary N) is 1. The lowest BCUT2D eigenvalue weighted by atomic mass is 9.69. The summed E-state index contributed by atoms with van der Waals surface area (Å²) < 4.78 is 13.2. The maximum atomic E-state index is 12.8. The van der Waals surface area contributed by atoms with Crippen molar-refractivity contribution >= 4 is 5.91 Å². The molecule has 1 fully saturated rings. The van der Waals surface area contributed by atoms with Crippen molar-refractivity contribution in [3.63, 3.8) is 0 Å². The first kappa shape index (κ1) is 26.6. The number of hydrogen-bond acceptors (Lipinski definition) is 6. The van der Waals surface area contributed by atoms with E-state index in [4.69, 9.17) is 21.1 Å². The molecular weight excluding hydrogens is 432 g/mol. The minimum Gasteiger partial charge on any atom is -0.384 e. The third kappa shape index (κ3) is 5.98. The molecule has 34 heavy (non-hydrogen) atoms. The zero-order valence-electron chi connectivity index (χ0n) is 21.6. The number of hydrogen-bond donors (Lipinski definition) is 1. The number of nitrogens with zero attached hydrogens (tertiary/aromatic N) is 5. The second-order valence-corrected chi connectivity index (χ2v) is 10.1. The molecule has 1 unspecified atom stereocenters. The molecule has 0 radical (unpaired) electrons. The van der Waals surface area contributed by atoms with Crippen molar-refractivity contribution in [3.05, 3.63) is 28.4 Å². The molecule has 1 N–H and O–H groups in total. The van der Waals surface area contributed by atoms with Crippen molar-refractivity contribution in [1.29, 1.82) is 0 Å². The lowest BCUT2D eigenvalue weighted by molar-refractivity contribution is -0.132. The summed E-state index contributed by atoms with van der Waals surface area (Å²) in [5, 5.41) is 8.27. The van der Waals surface area contributed by atoms with Crippen molar-refractivity contribution in [2.75, 3.05) is 61.2 Å². The molecular formula is C25H42N6O3. The van der Waals surface area contributed by atoms with Gasteiger partial charge in [0.05, 0.1) is 37.7 Å². The van der Waals surface area contributed by atoms with Gasteiger partial charge in [0.2, 0.25) is 0 Å². The molecule has 2 heterocycles. The fourth-order valence-corrected chi connectivity index (χ4v) is 5.59. The number of likely N-dealkylation sites (N-methyl/N-ethyl adjacent to an activating group) is 2. The number of carbonyl (C=O) groups excluding carboxylic acids is 1. The van der Waals surface area contributed by atoms with Gasteiger partial charge in [-0.15, -0.1) is 0 Å². The van der Waals surface area contributed by atoms with Crippen molar-refractivity contribution in [2.45, 2.75) is 64.2 Å². The number of amides is 1. The molecule has 1 aliphatic carbocycles. The molecule has 2 aliphatic rings.